The van der Waals surface area contributed by atoms with Crippen molar-refractivity contribution in [3.05, 3.63) is 85.0 Å². The Labute approximate surface area is 298 Å². The maximum atomic E-state index is 12.9. The van der Waals surface area contributed by atoms with E-state index in [2.05, 4.69) is 13.2 Å². The molecule has 0 amide bonds. The quantitative estimate of drug-likeness (QED) is 0.0738. The summed E-state index contributed by atoms with van der Waals surface area (Å²) in [6, 6.07) is 10.9. The van der Waals surface area contributed by atoms with Crippen LogP contribution >= 0.6 is 0 Å². The van der Waals surface area contributed by atoms with E-state index in [0.29, 0.717) is 12.8 Å². The van der Waals surface area contributed by atoms with Crippen LogP contribution in [0.1, 0.15) is 60.2 Å². The van der Waals surface area contributed by atoms with Gasteiger partial charge in [-0.15, -0.1) is 0 Å². The van der Waals surface area contributed by atoms with Crippen molar-refractivity contribution in [3.63, 3.8) is 0 Å². The van der Waals surface area contributed by atoms with E-state index in [4.69, 9.17) is 47.4 Å². The minimum Gasteiger partial charge on any atom is -0.453 e. The predicted molar refractivity (Wildman–Crippen MR) is 175 cm³/mol. The summed E-state index contributed by atoms with van der Waals surface area (Å²) < 4.78 is 53.0. The molecule has 2 fully saturated rings. The minimum atomic E-state index is -1.15. The molecule has 6 atom stereocenters. The van der Waals surface area contributed by atoms with E-state index in [1.165, 1.54) is 48.5 Å². The molecule has 16 heteroatoms. The topological polar surface area (TPSA) is 195 Å². The molecule has 0 aromatic heterocycles. The van der Waals surface area contributed by atoms with Crippen molar-refractivity contribution in [1.29, 1.82) is 0 Å². The third-order valence-electron chi connectivity index (χ3n) is 7.39. The Hall–Kier alpha value is -5.74. The Morgan fingerprint density at radius 1 is 0.635 bits per heavy atom. The SMILES string of the molecule is C=CC(=O)OC(CCC)OC(=O)Oc1ccc(C(=O)O[C@H]2COC3C2OC[C@H]3OC(=O)c2ccc(OC(=O)OC(CCC)OC(=O)C=C)cc2)cc1. The maximum Gasteiger partial charge on any atom is 0.516 e. The van der Waals surface area contributed by atoms with Crippen molar-refractivity contribution >= 4 is 36.2 Å². The molecule has 4 rings (SSSR count). The van der Waals surface area contributed by atoms with Crippen LogP contribution in [0.25, 0.3) is 0 Å². The highest BCUT2D eigenvalue weighted by molar-refractivity contribution is 5.90. The molecule has 0 spiro atoms. The van der Waals surface area contributed by atoms with E-state index in [-0.39, 0.29) is 48.7 Å². The first-order chi connectivity index (χ1) is 25.0. The summed E-state index contributed by atoms with van der Waals surface area (Å²) in [6.07, 6.45) is -3.97. The first-order valence-electron chi connectivity index (χ1n) is 16.3. The lowest BCUT2D eigenvalue weighted by molar-refractivity contribution is -0.166. The molecule has 0 aliphatic carbocycles. The van der Waals surface area contributed by atoms with Crippen molar-refractivity contribution < 1.29 is 76.1 Å². The summed E-state index contributed by atoms with van der Waals surface area (Å²) >= 11 is 0. The second kappa shape index (κ2) is 19.0. The predicted octanol–water partition coefficient (Wildman–Crippen LogP) is 4.98. The van der Waals surface area contributed by atoms with Gasteiger partial charge in [0.1, 0.15) is 23.7 Å². The zero-order valence-corrected chi connectivity index (χ0v) is 28.4. The van der Waals surface area contributed by atoms with E-state index >= 15 is 0 Å². The van der Waals surface area contributed by atoms with E-state index in [0.717, 1.165) is 12.2 Å². The Morgan fingerprint density at radius 3 is 1.33 bits per heavy atom. The molecule has 0 radical (unpaired) electrons. The molecule has 2 saturated heterocycles. The van der Waals surface area contributed by atoms with Gasteiger partial charge >= 0.3 is 36.2 Å². The second-order valence-corrected chi connectivity index (χ2v) is 11.2. The maximum absolute atomic E-state index is 12.9. The number of hydrogen-bond donors (Lipinski definition) is 0. The molecule has 52 heavy (non-hydrogen) atoms. The van der Waals surface area contributed by atoms with E-state index in [1.54, 1.807) is 0 Å². The average Bonchev–Trinajstić information content (AvgIpc) is 3.71. The summed E-state index contributed by atoms with van der Waals surface area (Å²) in [5.41, 5.74) is 0.290. The van der Waals surface area contributed by atoms with Crippen LogP contribution in [-0.4, -0.2) is 86.4 Å². The van der Waals surface area contributed by atoms with E-state index in [1.807, 2.05) is 13.8 Å². The fourth-order valence-corrected chi connectivity index (χ4v) is 4.93. The molecule has 0 N–H and O–H groups in total. The lowest BCUT2D eigenvalue weighted by Gasteiger charge is -2.18. The molecule has 16 nitrogen and oxygen atoms in total. The Bertz CT molecular complexity index is 1480. The van der Waals surface area contributed by atoms with Crippen molar-refractivity contribution in [2.24, 2.45) is 0 Å². The summed E-state index contributed by atoms with van der Waals surface area (Å²) in [7, 11) is 0. The number of hydrogen-bond acceptors (Lipinski definition) is 16. The van der Waals surface area contributed by atoms with Crippen molar-refractivity contribution in [2.75, 3.05) is 13.2 Å². The minimum absolute atomic E-state index is 0.00838. The number of carbonyl (C=O) groups excluding carboxylic acids is 6. The van der Waals surface area contributed by atoms with Gasteiger partial charge in [0.2, 0.25) is 0 Å². The number of benzene rings is 2. The smallest absolute Gasteiger partial charge is 0.453 e. The van der Waals surface area contributed by atoms with Crippen LogP contribution in [0.3, 0.4) is 0 Å². The van der Waals surface area contributed by atoms with Gasteiger partial charge in [0.05, 0.1) is 24.3 Å². The molecule has 2 aliphatic rings. The Morgan fingerprint density at radius 2 is 1.00 bits per heavy atom. The third kappa shape index (κ3) is 11.1. The summed E-state index contributed by atoms with van der Waals surface area (Å²) in [5, 5.41) is 0. The number of fused-ring (bicyclic) bond motifs is 1. The van der Waals surface area contributed by atoms with Gasteiger partial charge in [-0.05, 0) is 61.4 Å². The fraction of sp³-hybridized carbons (Fsp3) is 0.389. The van der Waals surface area contributed by atoms with Crippen LogP contribution in [0.15, 0.2) is 73.8 Å². The van der Waals surface area contributed by atoms with Crippen LogP contribution in [0.2, 0.25) is 0 Å². The zero-order valence-electron chi connectivity index (χ0n) is 28.4. The average molecular weight is 727 g/mol. The molecule has 2 aliphatic heterocycles. The van der Waals surface area contributed by atoms with Gasteiger partial charge < -0.3 is 47.4 Å². The van der Waals surface area contributed by atoms with Crippen molar-refractivity contribution in [2.45, 2.75) is 76.5 Å². The summed E-state index contributed by atoms with van der Waals surface area (Å²) in [5.74, 6) is -2.77. The molecule has 2 aromatic carbocycles. The van der Waals surface area contributed by atoms with Crippen LogP contribution in [0.5, 0.6) is 11.5 Å². The monoisotopic (exact) mass is 726 g/mol. The normalized spacial score (nSPS) is 19.8. The Kier molecular flexibility index (Phi) is 14.3. The highest BCUT2D eigenvalue weighted by atomic mass is 16.8. The first kappa shape index (κ1) is 39.1. The number of esters is 4. The highest BCUT2D eigenvalue weighted by Crippen LogP contribution is 2.32. The lowest BCUT2D eigenvalue weighted by Crippen LogP contribution is -2.36. The summed E-state index contributed by atoms with van der Waals surface area (Å²) in [4.78, 5) is 73.0. The van der Waals surface area contributed by atoms with Crippen LogP contribution in [0.4, 0.5) is 9.59 Å². The lowest BCUT2D eigenvalue weighted by atomic mass is 10.1. The van der Waals surface area contributed by atoms with Crippen molar-refractivity contribution in [1.82, 2.24) is 0 Å². The van der Waals surface area contributed by atoms with E-state index < -0.39 is 73.2 Å². The van der Waals surface area contributed by atoms with Gasteiger partial charge in [-0.25, -0.2) is 28.8 Å². The third-order valence-corrected chi connectivity index (χ3v) is 7.39. The highest BCUT2D eigenvalue weighted by Gasteiger charge is 2.51. The molecular weight excluding hydrogens is 688 g/mol. The van der Waals surface area contributed by atoms with Gasteiger partial charge in [0.25, 0.3) is 12.6 Å². The molecule has 278 valence electrons. The molecule has 2 aromatic rings. The van der Waals surface area contributed by atoms with Crippen LogP contribution in [0, 0.1) is 0 Å². The van der Waals surface area contributed by atoms with Crippen molar-refractivity contribution in [3.8, 4) is 11.5 Å². The summed E-state index contributed by atoms with van der Waals surface area (Å²) in [6.45, 7) is 10.2. The van der Waals surface area contributed by atoms with Gasteiger partial charge in [-0.3, -0.25) is 0 Å². The van der Waals surface area contributed by atoms with Gasteiger partial charge in [0, 0.05) is 25.0 Å². The van der Waals surface area contributed by atoms with Gasteiger partial charge in [0.15, 0.2) is 12.2 Å². The fourth-order valence-electron chi connectivity index (χ4n) is 4.93. The van der Waals surface area contributed by atoms with Crippen LogP contribution < -0.4 is 9.47 Å². The molecular formula is C36H38O16. The number of rotatable bonds is 16. The zero-order chi connectivity index (χ0) is 37.6. The second-order valence-electron chi connectivity index (χ2n) is 11.2. The molecule has 2 heterocycles. The number of carbonyl (C=O) groups is 6. The van der Waals surface area contributed by atoms with Gasteiger partial charge in [-0.1, -0.05) is 27.0 Å². The Balaban J connectivity index is 1.23. The molecule has 0 saturated carbocycles. The number of ether oxygens (including phenoxy) is 10. The van der Waals surface area contributed by atoms with Crippen LogP contribution in [-0.2, 0) is 47.5 Å². The van der Waals surface area contributed by atoms with E-state index in [9.17, 15) is 28.8 Å². The molecule has 4 unspecified atom stereocenters. The first-order valence-corrected chi connectivity index (χ1v) is 16.3. The standard InChI is InChI=1S/C36H38O16/c1-5-9-29(49-27(37)7-3)51-35(41)45-23-15-11-21(12-16-23)33(39)47-25-19-43-32-26(20-44-31(25)32)48-34(40)22-13-17-24(18-14-22)46-36(42)52-30(10-6-2)50-28(38)8-4/h7-8,11-18,25-26,29-32H,3-6,9-10,19-20H2,1-2H3/t25-,26+,29?,30?,31?,32?. The largest absolute Gasteiger partial charge is 0.516 e. The van der Waals surface area contributed by atoms with Gasteiger partial charge in [-0.2, -0.15) is 0 Å². The molecule has 0 bridgehead atoms.